The first-order valence-corrected chi connectivity index (χ1v) is 14.0. The Morgan fingerprint density at radius 2 is 1.75 bits per heavy atom. The molecule has 5 heteroatoms. The molecule has 0 N–H and O–H groups in total. The lowest BCUT2D eigenvalue weighted by Crippen LogP contribution is -2.28. The lowest BCUT2D eigenvalue weighted by Gasteiger charge is -2.28. The quantitative estimate of drug-likeness (QED) is 0.258. The number of rotatable bonds is 11. The Balaban J connectivity index is 1.61. The fourth-order valence-electron chi connectivity index (χ4n) is 5.38. The second-order valence-corrected chi connectivity index (χ2v) is 10.5. The summed E-state index contributed by atoms with van der Waals surface area (Å²) in [4.78, 5) is 20.8. The highest BCUT2D eigenvalue weighted by molar-refractivity contribution is 5.85. The Bertz CT molecular complexity index is 1110. The fraction of sp³-hybridized carbons (Fsp3) is 0.548. The van der Waals surface area contributed by atoms with E-state index in [1.54, 1.807) is 0 Å². The second kappa shape index (κ2) is 12.4. The number of para-hydroxylation sites is 2. The Labute approximate surface area is 216 Å². The summed E-state index contributed by atoms with van der Waals surface area (Å²) in [6.07, 6.45) is 9.09. The van der Waals surface area contributed by atoms with Crippen LogP contribution in [0.1, 0.15) is 85.1 Å². The van der Waals surface area contributed by atoms with Crippen molar-refractivity contribution in [1.82, 2.24) is 9.55 Å². The lowest BCUT2D eigenvalue weighted by molar-refractivity contribution is -0.154. The Hall–Kier alpha value is -2.82. The zero-order valence-electron chi connectivity index (χ0n) is 22.6. The molecule has 0 amide bonds. The number of hydrogen-bond acceptors (Lipinski definition) is 4. The second-order valence-electron chi connectivity index (χ2n) is 10.5. The van der Waals surface area contributed by atoms with E-state index in [1.807, 2.05) is 31.2 Å². The number of unbranched alkanes of at least 4 members (excludes halogenated alkanes) is 2. The van der Waals surface area contributed by atoms with E-state index in [0.29, 0.717) is 5.92 Å². The summed E-state index contributed by atoms with van der Waals surface area (Å²) >= 11 is 0. The largest absolute Gasteiger partial charge is 0.461 e. The first kappa shape index (κ1) is 26.2. The van der Waals surface area contributed by atoms with Gasteiger partial charge in [-0.25, -0.2) is 9.78 Å². The van der Waals surface area contributed by atoms with Gasteiger partial charge in [-0.1, -0.05) is 52.2 Å². The number of carbonyl (C=O) groups is 1. The zero-order valence-corrected chi connectivity index (χ0v) is 22.6. The third kappa shape index (κ3) is 6.11. The van der Waals surface area contributed by atoms with Crippen LogP contribution in [0.3, 0.4) is 0 Å². The highest BCUT2D eigenvalue weighted by atomic mass is 16.5. The van der Waals surface area contributed by atoms with Crippen molar-refractivity contribution < 1.29 is 9.53 Å². The molecule has 1 fully saturated rings. The van der Waals surface area contributed by atoms with Gasteiger partial charge in [-0.15, -0.1) is 0 Å². The van der Waals surface area contributed by atoms with Crippen LogP contribution in [0.2, 0.25) is 0 Å². The van der Waals surface area contributed by atoms with Crippen molar-refractivity contribution in [2.24, 2.45) is 5.92 Å². The minimum absolute atomic E-state index is 0.0263. The molecule has 0 radical (unpaired) electrons. The fourth-order valence-corrected chi connectivity index (χ4v) is 5.38. The number of fused-ring (bicyclic) bond motifs is 1. The highest BCUT2D eigenvalue weighted by Crippen LogP contribution is 2.32. The van der Waals surface area contributed by atoms with E-state index >= 15 is 0 Å². The van der Waals surface area contributed by atoms with Crippen molar-refractivity contribution in [3.8, 4) is 11.4 Å². The molecule has 0 saturated heterocycles. The summed E-state index contributed by atoms with van der Waals surface area (Å²) in [5.74, 6) is 1.27. The van der Waals surface area contributed by atoms with Gasteiger partial charge in [0.25, 0.3) is 0 Å². The smallest absolute Gasteiger partial charge is 0.329 e. The first-order valence-electron chi connectivity index (χ1n) is 14.0. The van der Waals surface area contributed by atoms with E-state index in [0.717, 1.165) is 54.8 Å². The number of ether oxygens (including phenoxy) is 1. The lowest BCUT2D eigenvalue weighted by atomic mass is 9.89. The molecule has 5 nitrogen and oxygen atoms in total. The van der Waals surface area contributed by atoms with Gasteiger partial charge in [0.1, 0.15) is 18.0 Å². The molecular weight excluding hydrogens is 446 g/mol. The molecule has 0 bridgehead atoms. The third-order valence-corrected chi connectivity index (χ3v) is 7.55. The van der Waals surface area contributed by atoms with Crippen LogP contribution in [0.4, 0.5) is 5.69 Å². The van der Waals surface area contributed by atoms with Gasteiger partial charge in [0, 0.05) is 24.3 Å². The van der Waals surface area contributed by atoms with E-state index in [1.165, 1.54) is 37.8 Å². The Kier molecular flexibility index (Phi) is 9.06. The summed E-state index contributed by atoms with van der Waals surface area (Å²) in [5.41, 5.74) is 4.13. The van der Waals surface area contributed by atoms with E-state index in [9.17, 15) is 4.79 Å². The zero-order chi connectivity index (χ0) is 25.5. The molecule has 2 aromatic carbocycles. The molecule has 2 unspecified atom stereocenters. The van der Waals surface area contributed by atoms with E-state index in [4.69, 9.17) is 9.72 Å². The maximum atomic E-state index is 13.3. The molecule has 1 aliphatic rings. The summed E-state index contributed by atoms with van der Waals surface area (Å²) in [5, 5.41) is 0. The van der Waals surface area contributed by atoms with Gasteiger partial charge >= 0.3 is 5.97 Å². The highest BCUT2D eigenvalue weighted by Gasteiger charge is 2.28. The van der Waals surface area contributed by atoms with E-state index in [2.05, 4.69) is 54.5 Å². The average molecular weight is 490 g/mol. The van der Waals surface area contributed by atoms with Gasteiger partial charge in [-0.05, 0) is 81.3 Å². The monoisotopic (exact) mass is 489 g/mol. The molecule has 36 heavy (non-hydrogen) atoms. The van der Waals surface area contributed by atoms with Gasteiger partial charge < -0.3 is 14.2 Å². The number of nitrogens with zero attached hydrogens (tertiary/aromatic N) is 3. The molecule has 0 aliphatic heterocycles. The minimum Gasteiger partial charge on any atom is -0.461 e. The molecular formula is C31H43N3O2. The standard InChI is InChI=1S/C31H43N3O2/c1-5-7-20-33(21-8-6-2)26-18-16-25(17-19-26)30-32-28-14-9-10-15-29(28)34(30)24(4)31(35)36-27-13-11-12-23(3)22-27/h9-10,14-19,23-24,27H,5-8,11-13,20-22H2,1-4H3/t23?,24-,27?/m1/s1. The van der Waals surface area contributed by atoms with Crippen LogP contribution in [-0.2, 0) is 9.53 Å². The van der Waals surface area contributed by atoms with Gasteiger partial charge in [-0.2, -0.15) is 0 Å². The first-order chi connectivity index (χ1) is 17.5. The topological polar surface area (TPSA) is 47.4 Å². The van der Waals surface area contributed by atoms with Crippen LogP contribution in [0.5, 0.6) is 0 Å². The van der Waals surface area contributed by atoms with Crippen molar-refractivity contribution >= 4 is 22.7 Å². The van der Waals surface area contributed by atoms with Crippen LogP contribution < -0.4 is 4.90 Å². The van der Waals surface area contributed by atoms with Crippen LogP contribution in [0, 0.1) is 5.92 Å². The minimum atomic E-state index is -0.449. The summed E-state index contributed by atoms with van der Waals surface area (Å²) in [6.45, 7) is 10.8. The summed E-state index contributed by atoms with van der Waals surface area (Å²) < 4.78 is 8.08. The van der Waals surface area contributed by atoms with Gasteiger partial charge in [-0.3, -0.25) is 0 Å². The number of carbonyl (C=O) groups excluding carboxylic acids is 1. The predicted molar refractivity (Wildman–Crippen MR) is 149 cm³/mol. The van der Waals surface area contributed by atoms with Gasteiger partial charge in [0.15, 0.2) is 0 Å². The van der Waals surface area contributed by atoms with Crippen LogP contribution in [0.25, 0.3) is 22.4 Å². The number of benzene rings is 2. The molecule has 0 spiro atoms. The van der Waals surface area contributed by atoms with E-state index < -0.39 is 6.04 Å². The number of anilines is 1. The maximum absolute atomic E-state index is 13.3. The van der Waals surface area contributed by atoms with Crippen LogP contribution in [-0.4, -0.2) is 34.7 Å². The van der Waals surface area contributed by atoms with Gasteiger partial charge in [0.05, 0.1) is 11.0 Å². The number of aromatic nitrogens is 2. The molecule has 4 rings (SSSR count). The molecule has 1 saturated carbocycles. The van der Waals surface area contributed by atoms with Crippen LogP contribution in [0.15, 0.2) is 48.5 Å². The molecule has 1 aliphatic carbocycles. The molecule has 1 aromatic heterocycles. The van der Waals surface area contributed by atoms with Gasteiger partial charge in [0.2, 0.25) is 0 Å². The molecule has 194 valence electrons. The average Bonchev–Trinajstić information content (AvgIpc) is 3.28. The molecule has 3 aromatic rings. The normalized spacial score (nSPS) is 18.8. The van der Waals surface area contributed by atoms with Crippen molar-refractivity contribution in [2.45, 2.75) is 91.2 Å². The van der Waals surface area contributed by atoms with Crippen molar-refractivity contribution in [3.63, 3.8) is 0 Å². The maximum Gasteiger partial charge on any atom is 0.329 e. The number of imidazole rings is 1. The number of hydrogen-bond donors (Lipinski definition) is 0. The molecule has 3 atom stereocenters. The molecule has 1 heterocycles. The van der Waals surface area contributed by atoms with Crippen LogP contribution >= 0.6 is 0 Å². The summed E-state index contributed by atoms with van der Waals surface area (Å²) in [7, 11) is 0. The van der Waals surface area contributed by atoms with Crippen molar-refractivity contribution in [2.75, 3.05) is 18.0 Å². The summed E-state index contributed by atoms with van der Waals surface area (Å²) in [6, 6.07) is 16.3. The van der Waals surface area contributed by atoms with E-state index in [-0.39, 0.29) is 12.1 Å². The number of esters is 1. The predicted octanol–water partition coefficient (Wildman–Crippen LogP) is 7.79. The SMILES string of the molecule is CCCCN(CCCC)c1ccc(-c2nc3ccccc3n2[C@H](C)C(=O)OC2CCCC(C)C2)cc1. The van der Waals surface area contributed by atoms with Crippen molar-refractivity contribution in [3.05, 3.63) is 48.5 Å². The van der Waals surface area contributed by atoms with Crippen molar-refractivity contribution in [1.29, 1.82) is 0 Å². The Morgan fingerprint density at radius 3 is 2.42 bits per heavy atom. The Morgan fingerprint density at radius 1 is 1.06 bits per heavy atom. The third-order valence-electron chi connectivity index (χ3n) is 7.55.